The van der Waals surface area contributed by atoms with E-state index in [1.54, 1.807) is 24.3 Å². The van der Waals surface area contributed by atoms with Crippen LogP contribution >= 0.6 is 0 Å². The fourth-order valence-electron chi connectivity index (χ4n) is 11.7. The largest absolute Gasteiger partial charge is 0.496 e. The van der Waals surface area contributed by atoms with E-state index in [-0.39, 0.29) is 43.5 Å². The van der Waals surface area contributed by atoms with Gasteiger partial charge in [-0.15, -0.1) is 6.58 Å². The maximum absolute atomic E-state index is 15.5. The Balaban J connectivity index is 1.35. The zero-order valence-electron chi connectivity index (χ0n) is 41.1. The second-order valence-electron chi connectivity index (χ2n) is 20.4. The Morgan fingerprint density at radius 1 is 0.928 bits per heavy atom. The van der Waals surface area contributed by atoms with Gasteiger partial charge in [-0.3, -0.25) is 9.59 Å². The Labute approximate surface area is 408 Å². The summed E-state index contributed by atoms with van der Waals surface area (Å²) in [7, 11) is 1.53. The molecule has 2 saturated carbocycles. The molecule has 0 radical (unpaired) electrons. The van der Waals surface area contributed by atoms with Crippen molar-refractivity contribution < 1.29 is 43.6 Å². The Morgan fingerprint density at radius 2 is 1.67 bits per heavy atom. The number of aliphatic hydroxyl groups excluding tert-OH is 2. The Morgan fingerprint density at radius 3 is 2.41 bits per heavy atom. The average Bonchev–Trinajstić information content (AvgIpc) is 3.88. The van der Waals surface area contributed by atoms with Crippen molar-refractivity contribution >= 4 is 28.7 Å². The van der Waals surface area contributed by atoms with Crippen LogP contribution < -0.4 is 14.2 Å². The van der Waals surface area contributed by atoms with E-state index in [0.717, 1.165) is 84.4 Å². The van der Waals surface area contributed by atoms with Crippen LogP contribution in [0.25, 0.3) is 10.8 Å². The summed E-state index contributed by atoms with van der Waals surface area (Å²) in [6, 6.07) is 25.0. The zero-order chi connectivity index (χ0) is 48.5. The summed E-state index contributed by atoms with van der Waals surface area (Å²) in [5.74, 6) is 0.674. The smallest absolute Gasteiger partial charge is 0.239 e. The molecule has 2 N–H and O–H groups in total. The van der Waals surface area contributed by atoms with Crippen LogP contribution in [0, 0.1) is 23.7 Å². The van der Waals surface area contributed by atoms with Gasteiger partial charge in [0.1, 0.15) is 34.6 Å². The van der Waals surface area contributed by atoms with Gasteiger partial charge in [0.05, 0.1) is 30.9 Å². The molecule has 1 amide bonds. The van der Waals surface area contributed by atoms with E-state index >= 15 is 4.79 Å². The van der Waals surface area contributed by atoms with Crippen LogP contribution in [0.15, 0.2) is 108 Å². The molecule has 3 aliphatic carbocycles. The number of oxime groups is 1. The molecule has 1 aliphatic heterocycles. The van der Waals surface area contributed by atoms with Crippen molar-refractivity contribution in [1.82, 2.24) is 4.90 Å². The molecular formula is C58H72N2O9. The van der Waals surface area contributed by atoms with Crippen LogP contribution in [0.5, 0.6) is 23.0 Å². The van der Waals surface area contributed by atoms with E-state index in [1.165, 1.54) is 20.0 Å². The standard InChI is InChI=1S/C58H72N2O9/c1-6-32-66-58-53(60(54(64)29-24-39-16-7-8-17-39)37-42-21-15-20-40-18-9-10-22-46(40)42)36-50(59-69-57(2,3)4)48-34-41(19-11-13-30-61)47(23-12-14-31-62)55(56(48)58)49-35-45(26-28-52(49)68-58)67-44-25-27-51(65-5)43(33-44)38-63/h6,9-10,15,18,20-22,25-28,33-35,38-39,41,47,53,55-56,61-62H,1,7-8,11-14,16-17,19,23-24,29-32,36-37H2,2-5H3. The summed E-state index contributed by atoms with van der Waals surface area (Å²) >= 11 is 0. The van der Waals surface area contributed by atoms with Gasteiger partial charge in [0.2, 0.25) is 11.7 Å². The van der Waals surface area contributed by atoms with Gasteiger partial charge in [0.15, 0.2) is 6.29 Å². The number of aldehydes is 1. The number of unbranched alkanes of at least 4 members (excludes halogenated alkanes) is 2. The van der Waals surface area contributed by atoms with Gasteiger partial charge < -0.3 is 38.9 Å². The number of nitrogens with zero attached hydrogens (tertiary/aromatic N) is 2. The zero-order valence-corrected chi connectivity index (χ0v) is 41.1. The molecule has 8 rings (SSSR count). The van der Waals surface area contributed by atoms with Crippen LogP contribution in [0.2, 0.25) is 0 Å². The number of hydrogen-bond donors (Lipinski definition) is 2. The third-order valence-corrected chi connectivity index (χ3v) is 14.8. The lowest BCUT2D eigenvalue weighted by molar-refractivity contribution is -0.258. The van der Waals surface area contributed by atoms with Gasteiger partial charge in [0.25, 0.3) is 0 Å². The lowest BCUT2D eigenvalue weighted by atomic mass is 9.55. The number of rotatable bonds is 22. The number of methoxy groups -OCH3 is 1. The monoisotopic (exact) mass is 941 g/mol. The summed E-state index contributed by atoms with van der Waals surface area (Å²) in [4.78, 5) is 36.0. The molecule has 1 heterocycles. The average molecular weight is 941 g/mol. The summed E-state index contributed by atoms with van der Waals surface area (Å²) in [6.07, 6.45) is 15.7. The fourth-order valence-corrected chi connectivity index (χ4v) is 11.7. The quantitative estimate of drug-likeness (QED) is 0.0341. The molecule has 69 heavy (non-hydrogen) atoms. The highest BCUT2D eigenvalue weighted by Gasteiger charge is 2.65. The lowest BCUT2D eigenvalue weighted by Crippen LogP contribution is -2.70. The number of benzene rings is 4. The van der Waals surface area contributed by atoms with Crippen LogP contribution in [0.1, 0.15) is 132 Å². The number of amides is 1. The first-order valence-corrected chi connectivity index (χ1v) is 25.3. The predicted molar refractivity (Wildman–Crippen MR) is 270 cm³/mol. The third-order valence-electron chi connectivity index (χ3n) is 14.8. The van der Waals surface area contributed by atoms with E-state index in [0.29, 0.717) is 66.7 Å². The molecule has 11 heteroatoms. The molecule has 368 valence electrons. The highest BCUT2D eigenvalue weighted by atomic mass is 16.7. The molecule has 0 aromatic heterocycles. The molecule has 0 bridgehead atoms. The first-order valence-electron chi connectivity index (χ1n) is 25.3. The number of fused-ring (bicyclic) bond motifs is 3. The number of aliphatic hydroxyl groups is 2. The fraction of sp³-hybridized carbons (Fsp3) is 0.500. The van der Waals surface area contributed by atoms with Crippen molar-refractivity contribution in [2.75, 3.05) is 26.9 Å². The maximum atomic E-state index is 15.5. The van der Waals surface area contributed by atoms with Gasteiger partial charge in [-0.05, 0) is 129 Å². The summed E-state index contributed by atoms with van der Waals surface area (Å²) < 4.78 is 26.9. The highest BCUT2D eigenvalue weighted by Crippen LogP contribution is 2.62. The van der Waals surface area contributed by atoms with Gasteiger partial charge >= 0.3 is 0 Å². The van der Waals surface area contributed by atoms with Crippen LogP contribution in [-0.4, -0.2) is 77.4 Å². The first-order chi connectivity index (χ1) is 33.5. The van der Waals surface area contributed by atoms with Gasteiger partial charge in [0, 0.05) is 44.1 Å². The number of ether oxygens (including phenoxy) is 4. The van der Waals surface area contributed by atoms with Crippen molar-refractivity contribution in [3.8, 4) is 23.0 Å². The number of carbonyl (C=O) groups is 2. The molecular weight excluding hydrogens is 869 g/mol. The molecule has 0 spiro atoms. The summed E-state index contributed by atoms with van der Waals surface area (Å²) in [6.45, 7) is 10.8. The van der Waals surface area contributed by atoms with Crippen molar-refractivity contribution in [1.29, 1.82) is 0 Å². The minimum absolute atomic E-state index is 0.0318. The molecule has 2 fully saturated rings. The lowest BCUT2D eigenvalue weighted by Gasteiger charge is -2.60. The second-order valence-corrected chi connectivity index (χ2v) is 20.4. The molecule has 4 aliphatic rings. The highest BCUT2D eigenvalue weighted by molar-refractivity contribution is 6.03. The molecule has 4 aromatic rings. The molecule has 0 saturated heterocycles. The summed E-state index contributed by atoms with van der Waals surface area (Å²) in [5.41, 5.74) is 3.48. The molecule has 4 aromatic carbocycles. The molecule has 11 nitrogen and oxygen atoms in total. The summed E-state index contributed by atoms with van der Waals surface area (Å²) in [5, 5.41) is 27.4. The van der Waals surface area contributed by atoms with Crippen molar-refractivity contribution in [3.05, 3.63) is 120 Å². The van der Waals surface area contributed by atoms with E-state index in [2.05, 4.69) is 55.1 Å². The predicted octanol–water partition coefficient (Wildman–Crippen LogP) is 11.9. The van der Waals surface area contributed by atoms with Crippen molar-refractivity contribution in [3.63, 3.8) is 0 Å². The normalized spacial score (nSPS) is 23.7. The van der Waals surface area contributed by atoms with Gasteiger partial charge in [-0.2, -0.15) is 0 Å². The minimum Gasteiger partial charge on any atom is -0.496 e. The van der Waals surface area contributed by atoms with E-state index in [1.807, 2.05) is 43.9 Å². The van der Waals surface area contributed by atoms with Crippen LogP contribution in [0.4, 0.5) is 0 Å². The van der Waals surface area contributed by atoms with Crippen LogP contribution in [-0.2, 0) is 20.9 Å². The molecule has 6 unspecified atom stereocenters. The number of hydrogen-bond acceptors (Lipinski definition) is 10. The second kappa shape index (κ2) is 22.5. The Kier molecular flexibility index (Phi) is 16.3. The van der Waals surface area contributed by atoms with E-state index in [9.17, 15) is 15.0 Å². The number of carbonyl (C=O) groups excluding carboxylic acids is 2. The van der Waals surface area contributed by atoms with Crippen LogP contribution in [0.3, 0.4) is 0 Å². The van der Waals surface area contributed by atoms with E-state index < -0.39 is 23.3 Å². The van der Waals surface area contributed by atoms with Gasteiger partial charge in [-0.1, -0.05) is 98.3 Å². The first kappa shape index (κ1) is 49.9. The Bertz CT molecular complexity index is 2480. The Hall–Kier alpha value is -5.49. The molecule has 6 atom stereocenters. The minimum atomic E-state index is -1.41. The van der Waals surface area contributed by atoms with Crippen molar-refractivity contribution in [2.45, 2.75) is 134 Å². The SMILES string of the molecule is C=CCOC12Oc3ccc(Oc4ccc(OC)c(C=O)c4)cc3C3C(CCCCO)C(CCCCO)C=C(C(=NOC(C)(C)C)CC1N(Cc1cccc4ccccc14)C(=O)CCC1CCCC1)C32. The van der Waals surface area contributed by atoms with E-state index in [4.69, 9.17) is 28.9 Å². The number of allylic oxidation sites excluding steroid dienone is 1. The van der Waals surface area contributed by atoms with Gasteiger partial charge in [-0.25, -0.2) is 0 Å². The topological polar surface area (TPSA) is 136 Å². The van der Waals surface area contributed by atoms with Crippen molar-refractivity contribution in [2.24, 2.45) is 28.8 Å². The maximum Gasteiger partial charge on any atom is 0.239 e. The third kappa shape index (κ3) is 11.1.